The number of rotatable bonds is 2. The monoisotopic (exact) mass is 159 g/mol. The van der Waals surface area contributed by atoms with Crippen molar-refractivity contribution < 1.29 is 4.39 Å². The van der Waals surface area contributed by atoms with Crippen LogP contribution >= 0.6 is 0 Å². The summed E-state index contributed by atoms with van der Waals surface area (Å²) in [6.07, 6.45) is 1.51. The summed E-state index contributed by atoms with van der Waals surface area (Å²) in [5.74, 6) is 0. The maximum atomic E-state index is 13.3. The first-order valence-corrected chi connectivity index (χ1v) is 4.26. The summed E-state index contributed by atoms with van der Waals surface area (Å²) in [6, 6.07) is 0. The first kappa shape index (κ1) is 8.98. The van der Waals surface area contributed by atoms with Crippen LogP contribution in [-0.2, 0) is 0 Å². The lowest BCUT2D eigenvalue weighted by Gasteiger charge is -2.24. The fourth-order valence-electron chi connectivity index (χ4n) is 1.20. The molecule has 0 amide bonds. The molecule has 0 aromatic carbocycles. The van der Waals surface area contributed by atoms with Crippen LogP contribution in [-0.4, -0.2) is 11.7 Å². The van der Waals surface area contributed by atoms with Gasteiger partial charge in [0.1, 0.15) is 6.17 Å². The van der Waals surface area contributed by atoms with Gasteiger partial charge in [0.15, 0.2) is 0 Å². The molecule has 1 aliphatic carbocycles. The minimum Gasteiger partial charge on any atom is -0.323 e. The molecular weight excluding hydrogens is 141 g/mol. The molecule has 2 N–H and O–H groups in total. The molecule has 0 aliphatic heterocycles. The molecule has 0 radical (unpaired) electrons. The smallest absolute Gasteiger partial charge is 0.118 e. The van der Waals surface area contributed by atoms with E-state index >= 15 is 0 Å². The second-order valence-corrected chi connectivity index (χ2v) is 4.97. The second kappa shape index (κ2) is 2.44. The molecule has 2 heteroatoms. The summed E-state index contributed by atoms with van der Waals surface area (Å²) in [5.41, 5.74) is 5.34. The third-order valence-corrected chi connectivity index (χ3v) is 2.24. The van der Waals surface area contributed by atoms with Crippen molar-refractivity contribution in [3.8, 4) is 0 Å². The lowest BCUT2D eigenvalue weighted by Crippen LogP contribution is -2.36. The molecule has 0 saturated heterocycles. The number of hydrogen-bond donors (Lipinski definition) is 1. The van der Waals surface area contributed by atoms with Gasteiger partial charge in [0, 0.05) is 5.54 Å². The van der Waals surface area contributed by atoms with Crippen LogP contribution < -0.4 is 5.73 Å². The van der Waals surface area contributed by atoms with Crippen molar-refractivity contribution in [2.45, 2.75) is 51.7 Å². The summed E-state index contributed by atoms with van der Waals surface area (Å²) in [5, 5.41) is 0. The molecule has 1 unspecified atom stereocenters. The Balaban J connectivity index is 2.38. The molecule has 0 spiro atoms. The highest BCUT2D eigenvalue weighted by Gasteiger charge is 2.47. The Labute approximate surface area is 68.2 Å². The largest absolute Gasteiger partial charge is 0.323 e. The van der Waals surface area contributed by atoms with Crippen LogP contribution in [0.1, 0.15) is 40.0 Å². The third-order valence-electron chi connectivity index (χ3n) is 2.24. The third kappa shape index (κ3) is 2.44. The average Bonchev–Trinajstić information content (AvgIpc) is 2.44. The predicted molar refractivity (Wildman–Crippen MR) is 45.1 cm³/mol. The Hall–Kier alpha value is -0.110. The van der Waals surface area contributed by atoms with Gasteiger partial charge < -0.3 is 5.73 Å². The van der Waals surface area contributed by atoms with Gasteiger partial charge >= 0.3 is 0 Å². The number of hydrogen-bond acceptors (Lipinski definition) is 1. The Morgan fingerprint density at radius 2 is 1.91 bits per heavy atom. The van der Waals surface area contributed by atoms with E-state index in [0.29, 0.717) is 6.42 Å². The van der Waals surface area contributed by atoms with Gasteiger partial charge in [-0.05, 0) is 24.7 Å². The van der Waals surface area contributed by atoms with E-state index in [1.54, 1.807) is 0 Å². The molecular formula is C9H18FN. The molecule has 0 aromatic rings. The summed E-state index contributed by atoms with van der Waals surface area (Å²) in [7, 11) is 0. The van der Waals surface area contributed by atoms with Crippen LogP contribution in [0.2, 0.25) is 0 Å². The maximum Gasteiger partial charge on any atom is 0.118 e. The predicted octanol–water partition coefficient (Wildman–Crippen LogP) is 2.25. The lowest BCUT2D eigenvalue weighted by atomic mass is 9.87. The average molecular weight is 159 g/mol. The Morgan fingerprint density at radius 3 is 2.18 bits per heavy atom. The van der Waals surface area contributed by atoms with E-state index < -0.39 is 11.7 Å². The van der Waals surface area contributed by atoms with Crippen LogP contribution in [0, 0.1) is 5.41 Å². The molecule has 66 valence electrons. The molecule has 1 atom stereocenters. The van der Waals surface area contributed by atoms with Crippen molar-refractivity contribution in [2.24, 2.45) is 11.1 Å². The first-order valence-electron chi connectivity index (χ1n) is 4.26. The van der Waals surface area contributed by atoms with E-state index in [1.165, 1.54) is 0 Å². The maximum absolute atomic E-state index is 13.3. The quantitative estimate of drug-likeness (QED) is 0.657. The van der Waals surface area contributed by atoms with Crippen molar-refractivity contribution >= 4 is 0 Å². The molecule has 1 nitrogen and oxygen atoms in total. The van der Waals surface area contributed by atoms with E-state index in [9.17, 15) is 4.39 Å². The highest BCUT2D eigenvalue weighted by Crippen LogP contribution is 2.41. The fourth-order valence-corrected chi connectivity index (χ4v) is 1.20. The van der Waals surface area contributed by atoms with Crippen LogP contribution in [0.3, 0.4) is 0 Å². The minimum absolute atomic E-state index is 0.0639. The zero-order valence-corrected chi connectivity index (χ0v) is 7.65. The SMILES string of the molecule is CC(C)(C)CC(F)C1(N)CC1. The second-order valence-electron chi connectivity index (χ2n) is 4.97. The van der Waals surface area contributed by atoms with Gasteiger partial charge in [-0.2, -0.15) is 0 Å². The van der Waals surface area contributed by atoms with E-state index in [1.807, 2.05) is 20.8 Å². The van der Waals surface area contributed by atoms with E-state index in [-0.39, 0.29) is 5.41 Å². The first-order chi connectivity index (χ1) is 4.83. The summed E-state index contributed by atoms with van der Waals surface area (Å²) in [6.45, 7) is 6.14. The van der Waals surface area contributed by atoms with E-state index in [4.69, 9.17) is 5.73 Å². The molecule has 0 bridgehead atoms. The molecule has 1 fully saturated rings. The van der Waals surface area contributed by atoms with E-state index in [2.05, 4.69) is 0 Å². The minimum atomic E-state index is -0.803. The Bertz CT molecular complexity index is 144. The summed E-state index contributed by atoms with van der Waals surface area (Å²) >= 11 is 0. The number of nitrogens with two attached hydrogens (primary N) is 1. The fraction of sp³-hybridized carbons (Fsp3) is 1.00. The van der Waals surface area contributed by atoms with E-state index in [0.717, 1.165) is 12.8 Å². The van der Waals surface area contributed by atoms with Crippen molar-refractivity contribution in [3.63, 3.8) is 0 Å². The zero-order valence-electron chi connectivity index (χ0n) is 7.65. The highest BCUT2D eigenvalue weighted by molar-refractivity contribution is 5.05. The number of halogens is 1. The highest BCUT2D eigenvalue weighted by atomic mass is 19.1. The molecule has 11 heavy (non-hydrogen) atoms. The Morgan fingerprint density at radius 1 is 1.45 bits per heavy atom. The van der Waals surface area contributed by atoms with Crippen molar-refractivity contribution in [2.75, 3.05) is 0 Å². The normalized spacial score (nSPS) is 24.8. The zero-order chi connectivity index (χ0) is 8.70. The van der Waals surface area contributed by atoms with Crippen LogP contribution in [0.4, 0.5) is 4.39 Å². The molecule has 1 aliphatic rings. The lowest BCUT2D eigenvalue weighted by molar-refractivity contribution is 0.184. The van der Waals surface area contributed by atoms with Crippen LogP contribution in [0.25, 0.3) is 0 Å². The van der Waals surface area contributed by atoms with Crippen LogP contribution in [0.15, 0.2) is 0 Å². The number of alkyl halides is 1. The molecule has 1 rings (SSSR count). The van der Waals surface area contributed by atoms with Crippen LogP contribution in [0.5, 0.6) is 0 Å². The van der Waals surface area contributed by atoms with Gasteiger partial charge in [0.25, 0.3) is 0 Å². The van der Waals surface area contributed by atoms with Crippen molar-refractivity contribution in [1.82, 2.24) is 0 Å². The van der Waals surface area contributed by atoms with Gasteiger partial charge in [-0.3, -0.25) is 0 Å². The molecule has 1 saturated carbocycles. The summed E-state index contributed by atoms with van der Waals surface area (Å²) in [4.78, 5) is 0. The topological polar surface area (TPSA) is 26.0 Å². The van der Waals surface area contributed by atoms with Gasteiger partial charge in [-0.1, -0.05) is 20.8 Å². The van der Waals surface area contributed by atoms with Crippen molar-refractivity contribution in [1.29, 1.82) is 0 Å². The van der Waals surface area contributed by atoms with Gasteiger partial charge in [0.05, 0.1) is 0 Å². The standard InChI is InChI=1S/C9H18FN/c1-8(2,3)6-7(10)9(11)4-5-9/h7H,4-6,11H2,1-3H3. The van der Waals surface area contributed by atoms with Gasteiger partial charge in [-0.15, -0.1) is 0 Å². The molecule has 0 aromatic heterocycles. The molecule has 0 heterocycles. The Kier molecular flexibility index (Phi) is 1.99. The van der Waals surface area contributed by atoms with Gasteiger partial charge in [-0.25, -0.2) is 4.39 Å². The summed E-state index contributed by atoms with van der Waals surface area (Å²) < 4.78 is 13.3. The van der Waals surface area contributed by atoms with Crippen molar-refractivity contribution in [3.05, 3.63) is 0 Å². The van der Waals surface area contributed by atoms with Gasteiger partial charge in [0.2, 0.25) is 0 Å².